The Bertz CT molecular complexity index is 1310. The smallest absolute Gasteiger partial charge is 0.317 e. The van der Waals surface area contributed by atoms with E-state index in [-0.39, 0.29) is 51.3 Å². The van der Waals surface area contributed by atoms with Gasteiger partial charge in [0.15, 0.2) is 0 Å². The maximum atomic E-state index is 12.4. The van der Waals surface area contributed by atoms with Crippen molar-refractivity contribution in [2.75, 3.05) is 64.2 Å². The number of rotatable bonds is 23. The van der Waals surface area contributed by atoms with Crippen LogP contribution < -0.4 is 5.32 Å². The van der Waals surface area contributed by atoms with Gasteiger partial charge in [0.1, 0.15) is 0 Å². The Balaban J connectivity index is 2.17. The van der Waals surface area contributed by atoms with Crippen LogP contribution >= 0.6 is 0 Å². The van der Waals surface area contributed by atoms with Crippen molar-refractivity contribution in [1.82, 2.24) is 19.6 Å². The number of amides is 3. The van der Waals surface area contributed by atoms with E-state index in [2.05, 4.69) is 5.32 Å². The molecule has 18 nitrogen and oxygen atoms in total. The fourth-order valence-corrected chi connectivity index (χ4v) is 4.84. The highest BCUT2D eigenvalue weighted by atomic mass is 16.4. The molecule has 1 unspecified atom stereocenters. The average molecular weight is 664 g/mol. The van der Waals surface area contributed by atoms with Gasteiger partial charge in [-0.05, 0) is 30.5 Å². The SMILES string of the molecule is O=C(O)CN(CCN(CC(=O)O)CC(Cc1ccc(NC(=O)CCCN2C(=O)C=CC2=O)cc1)N(CC(=O)O)CC(=O)O)CC(=O)O. The summed E-state index contributed by atoms with van der Waals surface area (Å²) < 4.78 is 0. The molecule has 1 aliphatic rings. The molecule has 18 heteroatoms. The van der Waals surface area contributed by atoms with Crippen molar-refractivity contribution < 1.29 is 63.9 Å². The van der Waals surface area contributed by atoms with Crippen molar-refractivity contribution >= 4 is 53.3 Å². The van der Waals surface area contributed by atoms with Crippen LogP contribution in [0.4, 0.5) is 5.69 Å². The predicted molar refractivity (Wildman–Crippen MR) is 160 cm³/mol. The minimum Gasteiger partial charge on any atom is -0.480 e. The molecule has 0 fully saturated rings. The summed E-state index contributed by atoms with van der Waals surface area (Å²) in [6, 6.07) is 5.47. The third-order valence-electron chi connectivity index (χ3n) is 6.87. The van der Waals surface area contributed by atoms with Crippen LogP contribution in [0, 0.1) is 0 Å². The highest BCUT2D eigenvalue weighted by molar-refractivity contribution is 6.12. The monoisotopic (exact) mass is 663 g/mol. The molecule has 0 saturated carbocycles. The highest BCUT2D eigenvalue weighted by Crippen LogP contribution is 2.16. The number of benzene rings is 1. The quantitative estimate of drug-likeness (QED) is 0.0733. The van der Waals surface area contributed by atoms with E-state index in [4.69, 9.17) is 10.2 Å². The Kier molecular flexibility index (Phi) is 15.1. The summed E-state index contributed by atoms with van der Waals surface area (Å²) in [7, 11) is 0. The molecule has 2 rings (SSSR count). The number of carbonyl (C=O) groups is 8. The Morgan fingerprint density at radius 1 is 0.681 bits per heavy atom. The maximum absolute atomic E-state index is 12.4. The van der Waals surface area contributed by atoms with Gasteiger partial charge < -0.3 is 30.8 Å². The van der Waals surface area contributed by atoms with E-state index >= 15 is 0 Å². The van der Waals surface area contributed by atoms with E-state index in [0.717, 1.165) is 26.9 Å². The fraction of sp³-hybridized carbons (Fsp3) is 0.448. The molecule has 256 valence electrons. The standard InChI is InChI=1S/C29H37N5O13/c35-22(2-1-9-34-23(36)7-8-24(34)37)30-20-5-3-19(4-6-20)12-21(33(17-28(44)45)18-29(46)47)13-31(14-25(38)39)10-11-32(15-26(40)41)16-27(42)43/h3-8,21H,1-2,9-18H2,(H,30,35)(H,38,39)(H,40,41)(H,42,43)(H,44,45)(H,46,47). The Morgan fingerprint density at radius 2 is 1.15 bits per heavy atom. The van der Waals surface area contributed by atoms with Crippen molar-refractivity contribution in [3.05, 3.63) is 42.0 Å². The summed E-state index contributed by atoms with van der Waals surface area (Å²) in [5.41, 5.74) is 0.990. The van der Waals surface area contributed by atoms with Gasteiger partial charge in [0.25, 0.3) is 11.8 Å². The van der Waals surface area contributed by atoms with Gasteiger partial charge >= 0.3 is 29.8 Å². The lowest BCUT2D eigenvalue weighted by molar-refractivity contribution is -0.144. The molecule has 0 aromatic heterocycles. The van der Waals surface area contributed by atoms with Gasteiger partial charge in [-0.25, -0.2) is 0 Å². The summed E-state index contributed by atoms with van der Waals surface area (Å²) >= 11 is 0. The average Bonchev–Trinajstić information content (AvgIpc) is 3.27. The lowest BCUT2D eigenvalue weighted by atomic mass is 10.0. The molecule has 47 heavy (non-hydrogen) atoms. The van der Waals surface area contributed by atoms with Crippen LogP contribution in [0.2, 0.25) is 0 Å². The van der Waals surface area contributed by atoms with Gasteiger partial charge in [-0.15, -0.1) is 0 Å². The van der Waals surface area contributed by atoms with Crippen LogP contribution in [0.1, 0.15) is 18.4 Å². The van der Waals surface area contributed by atoms with E-state index in [1.807, 2.05) is 0 Å². The van der Waals surface area contributed by atoms with Crippen LogP contribution in [-0.4, -0.2) is 158 Å². The number of hydrogen-bond acceptors (Lipinski definition) is 11. The lowest BCUT2D eigenvalue weighted by Gasteiger charge is -2.34. The molecule has 6 N–H and O–H groups in total. The van der Waals surface area contributed by atoms with Gasteiger partial charge in [-0.2, -0.15) is 0 Å². The Labute approximate surface area is 268 Å². The first-order chi connectivity index (χ1) is 22.1. The minimum absolute atomic E-state index is 0.0238. The number of imide groups is 1. The van der Waals surface area contributed by atoms with Crippen LogP contribution in [0.25, 0.3) is 0 Å². The Morgan fingerprint density at radius 3 is 1.64 bits per heavy atom. The largest absolute Gasteiger partial charge is 0.480 e. The molecule has 3 amide bonds. The summed E-state index contributed by atoms with van der Waals surface area (Å²) in [6.45, 7) is -3.60. The molecule has 1 heterocycles. The van der Waals surface area contributed by atoms with Crippen molar-refractivity contribution in [3.63, 3.8) is 0 Å². The minimum atomic E-state index is -1.33. The summed E-state index contributed by atoms with van der Waals surface area (Å²) in [5, 5.41) is 49.3. The summed E-state index contributed by atoms with van der Waals surface area (Å²) in [4.78, 5) is 97.5. The van der Waals surface area contributed by atoms with Crippen LogP contribution in [0.3, 0.4) is 0 Å². The molecule has 0 radical (unpaired) electrons. The van der Waals surface area contributed by atoms with Crippen molar-refractivity contribution in [3.8, 4) is 0 Å². The van der Waals surface area contributed by atoms with E-state index in [9.17, 15) is 53.7 Å². The number of carboxylic acid groups (broad SMARTS) is 5. The van der Waals surface area contributed by atoms with E-state index in [1.165, 1.54) is 4.90 Å². The Hall–Kier alpha value is -5.20. The molecule has 0 bridgehead atoms. The zero-order valence-electron chi connectivity index (χ0n) is 25.3. The number of carboxylic acids is 5. The molecule has 1 aromatic carbocycles. The topological polar surface area (TPSA) is 263 Å². The summed E-state index contributed by atoms with van der Waals surface area (Å²) in [6.07, 6.45) is 2.62. The zero-order valence-corrected chi connectivity index (χ0v) is 25.3. The number of nitrogens with zero attached hydrogens (tertiary/aromatic N) is 4. The molecule has 0 aliphatic carbocycles. The van der Waals surface area contributed by atoms with Crippen molar-refractivity contribution in [2.45, 2.75) is 25.3 Å². The zero-order chi connectivity index (χ0) is 35.1. The maximum Gasteiger partial charge on any atom is 0.317 e. The van der Waals surface area contributed by atoms with Crippen LogP contribution in [0.15, 0.2) is 36.4 Å². The third kappa shape index (κ3) is 14.6. The molecule has 1 aliphatic heterocycles. The van der Waals surface area contributed by atoms with E-state index < -0.39 is 80.4 Å². The summed E-state index contributed by atoms with van der Waals surface area (Å²) in [5.74, 6) is -7.79. The van der Waals surface area contributed by atoms with Crippen LogP contribution in [0.5, 0.6) is 0 Å². The third-order valence-corrected chi connectivity index (χ3v) is 6.87. The number of aliphatic carboxylic acids is 5. The first-order valence-electron chi connectivity index (χ1n) is 14.3. The van der Waals surface area contributed by atoms with Gasteiger partial charge in [-0.3, -0.25) is 58.0 Å². The number of carbonyl (C=O) groups excluding carboxylic acids is 3. The molecular weight excluding hydrogens is 626 g/mol. The van der Waals surface area contributed by atoms with Gasteiger partial charge in [0.05, 0.1) is 32.7 Å². The van der Waals surface area contributed by atoms with Crippen LogP contribution in [-0.2, 0) is 44.8 Å². The first kappa shape index (κ1) is 38.0. The van der Waals surface area contributed by atoms with Crippen molar-refractivity contribution in [1.29, 1.82) is 0 Å². The van der Waals surface area contributed by atoms with E-state index in [0.29, 0.717) is 11.3 Å². The molecule has 0 spiro atoms. The molecule has 1 aromatic rings. The number of anilines is 1. The normalized spacial score (nSPS) is 13.4. The van der Waals surface area contributed by atoms with Gasteiger partial charge in [0, 0.05) is 56.5 Å². The first-order valence-corrected chi connectivity index (χ1v) is 14.3. The second-order valence-electron chi connectivity index (χ2n) is 10.7. The second-order valence-corrected chi connectivity index (χ2v) is 10.7. The molecule has 1 atom stereocenters. The number of hydrogen-bond donors (Lipinski definition) is 6. The lowest BCUT2D eigenvalue weighted by Crippen LogP contribution is -2.51. The van der Waals surface area contributed by atoms with Gasteiger partial charge in [0.2, 0.25) is 5.91 Å². The fourth-order valence-electron chi connectivity index (χ4n) is 4.84. The highest BCUT2D eigenvalue weighted by Gasteiger charge is 2.27. The van der Waals surface area contributed by atoms with Crippen molar-refractivity contribution in [2.24, 2.45) is 0 Å². The van der Waals surface area contributed by atoms with E-state index in [1.54, 1.807) is 24.3 Å². The number of nitrogens with one attached hydrogen (secondary N) is 1. The molecule has 0 saturated heterocycles. The van der Waals surface area contributed by atoms with Gasteiger partial charge in [-0.1, -0.05) is 12.1 Å². The molecular formula is C29H37N5O13. The predicted octanol–water partition coefficient (Wildman–Crippen LogP) is -1.43. The second kappa shape index (κ2) is 18.7.